The Morgan fingerprint density at radius 2 is 1.35 bits per heavy atom. The molecule has 0 aliphatic heterocycles. The Morgan fingerprint density at radius 1 is 0.824 bits per heavy atom. The van der Waals surface area contributed by atoms with Crippen molar-refractivity contribution < 1.29 is 43.7 Å². The molecule has 0 heterocycles. The number of carbonyl (C=O) groups excluding carboxylic acids is 1. The lowest BCUT2D eigenvalue weighted by Crippen LogP contribution is -2.28. The molecule has 0 aromatic heterocycles. The van der Waals surface area contributed by atoms with E-state index in [4.69, 9.17) is 11.6 Å². The third-order valence-corrected chi connectivity index (χ3v) is 5.87. The number of halogens is 7. The van der Waals surface area contributed by atoms with Crippen molar-refractivity contribution in [3.63, 3.8) is 0 Å². The Balaban J connectivity index is 2.03. The minimum atomic E-state index is -5.91. The molecule has 0 saturated carbocycles. The molecule has 180 valence electrons. The average Bonchev–Trinajstić information content (AvgIpc) is 2.75. The van der Waals surface area contributed by atoms with E-state index in [-0.39, 0.29) is 11.1 Å². The van der Waals surface area contributed by atoms with Crippen LogP contribution in [-0.2, 0) is 16.3 Å². The lowest BCUT2D eigenvalue weighted by atomic mass is 9.84. The predicted molar refractivity (Wildman–Crippen MR) is 111 cm³/mol. The first-order chi connectivity index (χ1) is 15.7. The van der Waals surface area contributed by atoms with Gasteiger partial charge in [0, 0.05) is 10.6 Å². The van der Waals surface area contributed by atoms with Crippen LogP contribution in [0.1, 0.15) is 33.0 Å². The number of benzene rings is 3. The molecule has 4 nitrogen and oxygen atoms in total. The van der Waals surface area contributed by atoms with Crippen LogP contribution < -0.4 is 4.18 Å². The van der Waals surface area contributed by atoms with E-state index < -0.39 is 44.8 Å². The van der Waals surface area contributed by atoms with Crippen molar-refractivity contribution in [2.45, 2.75) is 17.6 Å². The van der Waals surface area contributed by atoms with Gasteiger partial charge in [-0.2, -0.15) is 34.8 Å². The fourth-order valence-corrected chi connectivity index (χ4v) is 3.64. The zero-order valence-corrected chi connectivity index (χ0v) is 18.3. The summed E-state index contributed by atoms with van der Waals surface area (Å²) in [5.74, 6) is -2.57. The van der Waals surface area contributed by atoms with Gasteiger partial charge in [0.05, 0.1) is 11.5 Å². The topological polar surface area (TPSA) is 60.4 Å². The monoisotopic (exact) mass is 522 g/mol. The predicted octanol–water partition coefficient (Wildman–Crippen LogP) is 6.60. The van der Waals surface area contributed by atoms with Crippen LogP contribution >= 0.6 is 11.6 Å². The summed E-state index contributed by atoms with van der Waals surface area (Å²) in [6.07, 6.45) is -4.69. The normalized spacial score (nSPS) is 13.4. The number of alkyl halides is 6. The minimum Gasteiger partial charge on any atom is -0.376 e. The molecule has 0 spiro atoms. The zero-order valence-electron chi connectivity index (χ0n) is 16.7. The van der Waals surface area contributed by atoms with Crippen molar-refractivity contribution in [3.05, 3.63) is 100 Å². The summed E-state index contributed by atoms with van der Waals surface area (Å²) in [5.41, 5.74) is -6.43. The number of ketones is 1. The Bertz CT molecular complexity index is 1280. The maximum atomic E-state index is 13.3. The van der Waals surface area contributed by atoms with Crippen LogP contribution in [0.5, 0.6) is 5.75 Å². The van der Waals surface area contributed by atoms with Crippen LogP contribution in [0.3, 0.4) is 0 Å². The molecule has 3 aromatic rings. The lowest BCUT2D eigenvalue weighted by molar-refractivity contribution is -0.137. The molecule has 0 N–H and O–H groups in total. The SMILES string of the molecule is O=C(c1cccc(C(F)(F)F)c1)C(c1ccc(Cl)cc1)c1ccc(OS(=O)(=O)C(F)(F)F)cc1. The molecule has 0 fully saturated rings. The molecular formula is C22H13ClF6O4S. The van der Waals surface area contributed by atoms with Gasteiger partial charge in [0.2, 0.25) is 0 Å². The standard InChI is InChI=1S/C22H13ClF6O4S/c23-17-8-4-13(5-9-17)19(20(30)15-2-1-3-16(12-15)21(24,25)26)14-6-10-18(11-7-14)33-34(31,32)22(27,28)29/h1-12,19H. The maximum absolute atomic E-state index is 13.3. The third kappa shape index (κ3) is 5.71. The number of hydrogen-bond donors (Lipinski definition) is 0. The van der Waals surface area contributed by atoms with Crippen LogP contribution in [0, 0.1) is 0 Å². The van der Waals surface area contributed by atoms with E-state index in [1.54, 1.807) is 0 Å². The molecule has 12 heteroatoms. The largest absolute Gasteiger partial charge is 0.534 e. The van der Waals surface area contributed by atoms with Crippen LogP contribution in [0.4, 0.5) is 26.3 Å². The van der Waals surface area contributed by atoms with Gasteiger partial charge < -0.3 is 4.18 Å². The highest BCUT2D eigenvalue weighted by Gasteiger charge is 2.48. The van der Waals surface area contributed by atoms with E-state index in [0.717, 1.165) is 36.4 Å². The molecule has 34 heavy (non-hydrogen) atoms. The first-order valence-electron chi connectivity index (χ1n) is 9.27. The number of hydrogen-bond acceptors (Lipinski definition) is 4. The first kappa shape index (κ1) is 25.6. The molecule has 0 saturated heterocycles. The summed E-state index contributed by atoms with van der Waals surface area (Å²) >= 11 is 5.87. The van der Waals surface area contributed by atoms with E-state index in [1.165, 1.54) is 30.3 Å². The van der Waals surface area contributed by atoms with Crippen molar-refractivity contribution in [2.24, 2.45) is 0 Å². The summed E-state index contributed by atoms with van der Waals surface area (Å²) < 4.78 is 103. The minimum absolute atomic E-state index is 0.168. The second kappa shape index (κ2) is 9.30. The highest BCUT2D eigenvalue weighted by Crippen LogP contribution is 2.34. The second-order valence-corrected chi connectivity index (χ2v) is 8.95. The van der Waals surface area contributed by atoms with Crippen molar-refractivity contribution >= 4 is 27.5 Å². The number of carbonyl (C=O) groups is 1. The molecule has 0 bridgehead atoms. The van der Waals surface area contributed by atoms with Crippen molar-refractivity contribution in [1.82, 2.24) is 0 Å². The summed E-state index contributed by atoms with van der Waals surface area (Å²) in [6.45, 7) is 0. The van der Waals surface area contributed by atoms with Gasteiger partial charge in [-0.05, 0) is 47.5 Å². The van der Waals surface area contributed by atoms with Crippen molar-refractivity contribution in [1.29, 1.82) is 0 Å². The second-order valence-electron chi connectivity index (χ2n) is 6.98. The van der Waals surface area contributed by atoms with Crippen LogP contribution in [0.2, 0.25) is 5.02 Å². The molecule has 3 aromatic carbocycles. The fourth-order valence-electron chi connectivity index (χ4n) is 3.06. The molecule has 0 aliphatic carbocycles. The van der Waals surface area contributed by atoms with E-state index in [2.05, 4.69) is 4.18 Å². The van der Waals surface area contributed by atoms with Gasteiger partial charge in [-0.3, -0.25) is 4.79 Å². The van der Waals surface area contributed by atoms with Gasteiger partial charge in [-0.1, -0.05) is 48.0 Å². The van der Waals surface area contributed by atoms with Crippen molar-refractivity contribution in [3.8, 4) is 5.75 Å². The smallest absolute Gasteiger partial charge is 0.376 e. The average molecular weight is 523 g/mol. The first-order valence-corrected chi connectivity index (χ1v) is 11.1. The Hall–Kier alpha value is -3.05. The van der Waals surface area contributed by atoms with Gasteiger partial charge >= 0.3 is 21.8 Å². The van der Waals surface area contributed by atoms with Gasteiger partial charge in [0.25, 0.3) is 0 Å². The highest BCUT2D eigenvalue weighted by atomic mass is 35.5. The molecule has 0 aliphatic rings. The van der Waals surface area contributed by atoms with Crippen LogP contribution in [-0.4, -0.2) is 19.7 Å². The lowest BCUT2D eigenvalue weighted by Gasteiger charge is -2.19. The van der Waals surface area contributed by atoms with Gasteiger partial charge in [0.1, 0.15) is 5.75 Å². The Morgan fingerprint density at radius 3 is 1.85 bits per heavy atom. The van der Waals surface area contributed by atoms with E-state index in [9.17, 15) is 39.6 Å². The van der Waals surface area contributed by atoms with Gasteiger partial charge in [0.15, 0.2) is 5.78 Å². The molecular weight excluding hydrogens is 510 g/mol. The van der Waals surface area contributed by atoms with E-state index in [1.807, 2.05) is 0 Å². The molecule has 1 atom stereocenters. The highest BCUT2D eigenvalue weighted by molar-refractivity contribution is 7.88. The zero-order chi connectivity index (χ0) is 25.3. The maximum Gasteiger partial charge on any atom is 0.534 e. The molecule has 1 unspecified atom stereocenters. The number of rotatable bonds is 6. The van der Waals surface area contributed by atoms with Crippen molar-refractivity contribution in [2.75, 3.05) is 0 Å². The summed E-state index contributed by atoms with van der Waals surface area (Å²) in [4.78, 5) is 13.3. The van der Waals surface area contributed by atoms with Crippen LogP contribution in [0.15, 0.2) is 72.8 Å². The third-order valence-electron chi connectivity index (χ3n) is 4.64. The summed E-state index contributed by atoms with van der Waals surface area (Å²) in [7, 11) is -5.91. The fraction of sp³-hybridized carbons (Fsp3) is 0.136. The van der Waals surface area contributed by atoms with Gasteiger partial charge in [-0.25, -0.2) is 0 Å². The molecule has 3 rings (SSSR count). The van der Waals surface area contributed by atoms with E-state index in [0.29, 0.717) is 16.7 Å². The summed E-state index contributed by atoms with van der Waals surface area (Å²) in [5, 5.41) is 0.329. The van der Waals surface area contributed by atoms with Crippen LogP contribution in [0.25, 0.3) is 0 Å². The Labute approximate surface area is 194 Å². The molecule has 0 amide bonds. The quantitative estimate of drug-likeness (QED) is 0.158. The number of Topliss-reactive ketones (excluding diaryl/α,β-unsaturated/α-hetero) is 1. The van der Waals surface area contributed by atoms with Gasteiger partial charge in [-0.15, -0.1) is 0 Å². The van der Waals surface area contributed by atoms with E-state index >= 15 is 0 Å². The Kier molecular flexibility index (Phi) is 6.99. The molecule has 0 radical (unpaired) electrons. The summed E-state index contributed by atoms with van der Waals surface area (Å²) in [6, 6.07) is 13.7.